The SMILES string of the molecule is CCCCC(NS(=O)(=O)c1ccc(CNC(C)=O)cc1)C(=O)O. The Bertz CT molecular complexity index is 640. The highest BCUT2D eigenvalue weighted by molar-refractivity contribution is 7.89. The average Bonchev–Trinajstić information content (AvgIpc) is 2.49. The van der Waals surface area contributed by atoms with Crippen LogP contribution in [0.25, 0.3) is 0 Å². The summed E-state index contributed by atoms with van der Waals surface area (Å²) in [6, 6.07) is 4.79. The Morgan fingerprint density at radius 3 is 2.30 bits per heavy atom. The van der Waals surface area contributed by atoms with Gasteiger partial charge in [-0.25, -0.2) is 8.42 Å². The van der Waals surface area contributed by atoms with Crippen molar-refractivity contribution in [3.8, 4) is 0 Å². The topological polar surface area (TPSA) is 113 Å². The van der Waals surface area contributed by atoms with E-state index in [1.54, 1.807) is 12.1 Å². The number of carbonyl (C=O) groups is 2. The first-order valence-corrected chi connectivity index (χ1v) is 8.83. The van der Waals surface area contributed by atoms with Gasteiger partial charge >= 0.3 is 5.97 Å². The number of aliphatic carboxylic acids is 1. The number of carboxylic acid groups (broad SMARTS) is 1. The van der Waals surface area contributed by atoms with E-state index in [4.69, 9.17) is 5.11 Å². The summed E-state index contributed by atoms with van der Waals surface area (Å²) in [4.78, 5) is 22.0. The van der Waals surface area contributed by atoms with Crippen molar-refractivity contribution in [2.24, 2.45) is 0 Å². The summed E-state index contributed by atoms with van der Waals surface area (Å²) in [6.07, 6.45) is 1.64. The molecule has 1 amide bonds. The minimum absolute atomic E-state index is 0.00757. The van der Waals surface area contributed by atoms with Gasteiger partial charge in [-0.3, -0.25) is 9.59 Å². The first kappa shape index (κ1) is 19.1. The van der Waals surface area contributed by atoms with Gasteiger partial charge in [0.05, 0.1) is 4.90 Å². The second-order valence-corrected chi connectivity index (χ2v) is 6.92. The van der Waals surface area contributed by atoms with Crippen molar-refractivity contribution in [2.45, 2.75) is 50.6 Å². The molecule has 3 N–H and O–H groups in total. The number of nitrogens with one attached hydrogen (secondary N) is 2. The number of benzene rings is 1. The van der Waals surface area contributed by atoms with Gasteiger partial charge in [-0.15, -0.1) is 0 Å². The zero-order valence-corrected chi connectivity index (χ0v) is 14.0. The highest BCUT2D eigenvalue weighted by atomic mass is 32.2. The molecule has 0 aliphatic carbocycles. The Kier molecular flexibility index (Phi) is 7.18. The number of amides is 1. The van der Waals surface area contributed by atoms with Crippen LogP contribution in [0.4, 0.5) is 0 Å². The highest BCUT2D eigenvalue weighted by Crippen LogP contribution is 2.13. The Hall–Kier alpha value is -1.93. The van der Waals surface area contributed by atoms with Crippen molar-refractivity contribution in [3.05, 3.63) is 29.8 Å². The fourth-order valence-corrected chi connectivity index (χ4v) is 3.13. The molecule has 0 saturated heterocycles. The Morgan fingerprint density at radius 2 is 1.83 bits per heavy atom. The van der Waals surface area contributed by atoms with Gasteiger partial charge in [0.2, 0.25) is 15.9 Å². The first-order valence-electron chi connectivity index (χ1n) is 7.34. The van der Waals surface area contributed by atoms with Gasteiger partial charge in [-0.05, 0) is 24.1 Å². The smallest absolute Gasteiger partial charge is 0.321 e. The molecule has 0 radical (unpaired) electrons. The van der Waals surface area contributed by atoms with Gasteiger partial charge in [0, 0.05) is 13.5 Å². The molecule has 8 heteroatoms. The summed E-state index contributed by atoms with van der Waals surface area (Å²) < 4.78 is 26.7. The van der Waals surface area contributed by atoms with Crippen LogP contribution in [0.2, 0.25) is 0 Å². The molecule has 0 aliphatic rings. The third kappa shape index (κ3) is 6.37. The lowest BCUT2D eigenvalue weighted by atomic mass is 10.1. The molecular formula is C15H22N2O5S. The van der Waals surface area contributed by atoms with Gasteiger partial charge < -0.3 is 10.4 Å². The Balaban J connectivity index is 2.82. The molecule has 0 fully saturated rings. The molecule has 0 saturated carbocycles. The van der Waals surface area contributed by atoms with Gasteiger partial charge in [-0.1, -0.05) is 31.9 Å². The number of hydrogen-bond donors (Lipinski definition) is 3. The number of carbonyl (C=O) groups excluding carboxylic acids is 1. The molecule has 1 aromatic carbocycles. The van der Waals surface area contributed by atoms with E-state index in [1.807, 2.05) is 6.92 Å². The number of rotatable bonds is 9. The van der Waals surface area contributed by atoms with E-state index in [1.165, 1.54) is 19.1 Å². The molecule has 1 aromatic rings. The lowest BCUT2D eigenvalue weighted by molar-refractivity contribution is -0.139. The predicted octanol–water partition coefficient (Wildman–Crippen LogP) is 1.24. The van der Waals surface area contributed by atoms with Crippen LogP contribution in [-0.4, -0.2) is 31.4 Å². The van der Waals surface area contributed by atoms with E-state index in [-0.39, 0.29) is 17.2 Å². The largest absolute Gasteiger partial charge is 0.480 e. The van der Waals surface area contributed by atoms with E-state index in [0.29, 0.717) is 13.0 Å². The maximum Gasteiger partial charge on any atom is 0.321 e. The molecule has 0 bridgehead atoms. The predicted molar refractivity (Wildman–Crippen MR) is 85.2 cm³/mol. The number of sulfonamides is 1. The van der Waals surface area contributed by atoms with Crippen LogP contribution in [0, 0.1) is 0 Å². The van der Waals surface area contributed by atoms with E-state index >= 15 is 0 Å². The van der Waals surface area contributed by atoms with Crippen LogP contribution in [0.1, 0.15) is 38.7 Å². The number of carboxylic acids is 1. The third-order valence-corrected chi connectivity index (χ3v) is 4.70. The van der Waals surface area contributed by atoms with Crippen LogP contribution < -0.4 is 10.0 Å². The second kappa shape index (κ2) is 8.64. The normalized spacial score (nSPS) is 12.6. The summed E-state index contributed by atoms with van der Waals surface area (Å²) in [5, 5.41) is 11.7. The molecule has 0 spiro atoms. The minimum Gasteiger partial charge on any atom is -0.480 e. The fraction of sp³-hybridized carbons (Fsp3) is 0.467. The van der Waals surface area contributed by atoms with Crippen molar-refractivity contribution < 1.29 is 23.1 Å². The first-order chi connectivity index (χ1) is 10.8. The third-order valence-electron chi connectivity index (χ3n) is 3.22. The van der Waals surface area contributed by atoms with E-state index in [0.717, 1.165) is 12.0 Å². The number of unbranched alkanes of at least 4 members (excludes halogenated alkanes) is 1. The van der Waals surface area contributed by atoms with Crippen molar-refractivity contribution in [1.82, 2.24) is 10.0 Å². The van der Waals surface area contributed by atoms with Gasteiger partial charge in [0.25, 0.3) is 0 Å². The summed E-state index contributed by atoms with van der Waals surface area (Å²) in [5.41, 5.74) is 0.750. The molecule has 0 heterocycles. The number of hydrogen-bond acceptors (Lipinski definition) is 4. The summed E-state index contributed by atoms with van der Waals surface area (Å²) in [5.74, 6) is -1.37. The molecule has 1 atom stereocenters. The van der Waals surface area contributed by atoms with Gasteiger partial charge in [-0.2, -0.15) is 4.72 Å². The van der Waals surface area contributed by atoms with Crippen LogP contribution in [0.3, 0.4) is 0 Å². The zero-order valence-electron chi connectivity index (χ0n) is 13.2. The Morgan fingerprint density at radius 1 is 1.22 bits per heavy atom. The minimum atomic E-state index is -3.90. The van der Waals surface area contributed by atoms with Crippen LogP contribution >= 0.6 is 0 Å². The van der Waals surface area contributed by atoms with Crippen molar-refractivity contribution in [2.75, 3.05) is 0 Å². The molecule has 0 aliphatic heterocycles. The quantitative estimate of drug-likeness (QED) is 0.625. The van der Waals surface area contributed by atoms with E-state index in [9.17, 15) is 18.0 Å². The maximum atomic E-state index is 12.2. The lowest BCUT2D eigenvalue weighted by Gasteiger charge is -2.14. The zero-order chi connectivity index (χ0) is 17.5. The van der Waals surface area contributed by atoms with E-state index in [2.05, 4.69) is 10.0 Å². The second-order valence-electron chi connectivity index (χ2n) is 5.21. The van der Waals surface area contributed by atoms with Crippen LogP contribution in [-0.2, 0) is 26.2 Å². The highest BCUT2D eigenvalue weighted by Gasteiger charge is 2.24. The van der Waals surface area contributed by atoms with Gasteiger partial charge in [0.15, 0.2) is 0 Å². The Labute approximate surface area is 136 Å². The molecule has 7 nitrogen and oxygen atoms in total. The monoisotopic (exact) mass is 342 g/mol. The van der Waals surface area contributed by atoms with Crippen molar-refractivity contribution in [3.63, 3.8) is 0 Å². The van der Waals surface area contributed by atoms with Crippen molar-refractivity contribution in [1.29, 1.82) is 0 Å². The summed E-state index contributed by atoms with van der Waals surface area (Å²) in [6.45, 7) is 3.60. The average molecular weight is 342 g/mol. The lowest BCUT2D eigenvalue weighted by Crippen LogP contribution is -2.40. The fourth-order valence-electron chi connectivity index (χ4n) is 1.91. The standard InChI is InChI=1S/C15H22N2O5S/c1-3-4-5-14(15(19)20)17-23(21,22)13-8-6-12(7-9-13)10-16-11(2)18/h6-9,14,17H,3-5,10H2,1-2H3,(H,16,18)(H,19,20). The van der Waals surface area contributed by atoms with Crippen molar-refractivity contribution >= 4 is 21.9 Å². The molecular weight excluding hydrogens is 320 g/mol. The van der Waals surface area contributed by atoms with Crippen LogP contribution in [0.5, 0.6) is 0 Å². The summed E-state index contributed by atoms with van der Waals surface area (Å²) in [7, 11) is -3.90. The molecule has 1 rings (SSSR count). The summed E-state index contributed by atoms with van der Waals surface area (Å²) >= 11 is 0. The van der Waals surface area contributed by atoms with E-state index < -0.39 is 22.0 Å². The van der Waals surface area contributed by atoms with Crippen LogP contribution in [0.15, 0.2) is 29.2 Å². The molecule has 0 aromatic heterocycles. The maximum absolute atomic E-state index is 12.2. The molecule has 23 heavy (non-hydrogen) atoms. The molecule has 1 unspecified atom stereocenters. The molecule has 128 valence electrons. The van der Waals surface area contributed by atoms with Gasteiger partial charge in [0.1, 0.15) is 6.04 Å².